The number of aromatic nitrogens is 2. The Morgan fingerprint density at radius 2 is 1.82 bits per heavy atom. The number of anilines is 1. The van der Waals surface area contributed by atoms with Gasteiger partial charge in [0.15, 0.2) is 11.5 Å². The molecule has 1 aromatic heterocycles. The lowest BCUT2D eigenvalue weighted by atomic mass is 10.1. The molecule has 28 heavy (non-hydrogen) atoms. The first-order chi connectivity index (χ1) is 13.7. The van der Waals surface area contributed by atoms with E-state index in [0.717, 1.165) is 11.3 Å². The average Bonchev–Trinajstić information content (AvgIpc) is 3.35. The number of fused-ring (bicyclic) bond motifs is 1. The Morgan fingerprint density at radius 3 is 2.64 bits per heavy atom. The Hall–Kier alpha value is -3.06. The van der Waals surface area contributed by atoms with Gasteiger partial charge in [-0.3, -0.25) is 4.79 Å². The molecule has 1 fully saturated rings. The molecule has 2 aliphatic rings. The quantitative estimate of drug-likeness (QED) is 0.670. The van der Waals surface area contributed by atoms with Gasteiger partial charge in [0, 0.05) is 35.3 Å². The summed E-state index contributed by atoms with van der Waals surface area (Å²) in [7, 11) is 0. The molecule has 1 atom stereocenters. The first kappa shape index (κ1) is 17.1. The summed E-state index contributed by atoms with van der Waals surface area (Å²) >= 11 is 5.92. The molecule has 1 saturated heterocycles. The third-order valence-corrected chi connectivity index (χ3v) is 5.11. The normalized spacial score (nSPS) is 18.5. The van der Waals surface area contributed by atoms with Crippen LogP contribution in [0.1, 0.15) is 18.2 Å². The molecule has 0 radical (unpaired) electrons. The van der Waals surface area contributed by atoms with E-state index in [1.54, 1.807) is 17.0 Å². The predicted octanol–water partition coefficient (Wildman–Crippen LogP) is 3.68. The van der Waals surface area contributed by atoms with Gasteiger partial charge in [-0.05, 0) is 36.4 Å². The van der Waals surface area contributed by atoms with E-state index in [-0.39, 0.29) is 11.8 Å². The SMILES string of the molecule is O=C1C[C@H](c2nc(-c3ccc(Cl)cc3)no2)CN1c1ccc2c(c1)OCCO2. The van der Waals surface area contributed by atoms with Gasteiger partial charge in [-0.1, -0.05) is 16.8 Å². The highest BCUT2D eigenvalue weighted by Gasteiger charge is 2.35. The number of amides is 1. The standard InChI is InChI=1S/C20H16ClN3O4/c21-14-3-1-12(2-4-14)19-22-20(28-23-19)13-9-18(25)24(11-13)15-5-6-16-17(10-15)27-8-7-26-16/h1-6,10,13H,7-9,11H2/t13-/m0/s1. The van der Waals surface area contributed by atoms with Crippen LogP contribution in [-0.4, -0.2) is 35.8 Å². The van der Waals surface area contributed by atoms with Gasteiger partial charge in [-0.15, -0.1) is 0 Å². The molecule has 0 aliphatic carbocycles. The second-order valence-corrected chi connectivity index (χ2v) is 7.13. The van der Waals surface area contributed by atoms with Crippen molar-refractivity contribution in [2.75, 3.05) is 24.7 Å². The smallest absolute Gasteiger partial charge is 0.232 e. The van der Waals surface area contributed by atoms with Crippen LogP contribution in [0.25, 0.3) is 11.4 Å². The van der Waals surface area contributed by atoms with Gasteiger partial charge >= 0.3 is 0 Å². The van der Waals surface area contributed by atoms with Crippen LogP contribution in [0.5, 0.6) is 11.5 Å². The number of ether oxygens (including phenoxy) is 2. The number of halogens is 1. The van der Waals surface area contributed by atoms with Gasteiger partial charge < -0.3 is 18.9 Å². The fourth-order valence-corrected chi connectivity index (χ4v) is 3.57. The molecular weight excluding hydrogens is 382 g/mol. The van der Waals surface area contributed by atoms with Crippen molar-refractivity contribution in [1.29, 1.82) is 0 Å². The molecule has 1 amide bonds. The van der Waals surface area contributed by atoms with Crippen molar-refractivity contribution in [3.8, 4) is 22.9 Å². The summed E-state index contributed by atoms with van der Waals surface area (Å²) < 4.78 is 16.6. The van der Waals surface area contributed by atoms with Gasteiger partial charge in [0.25, 0.3) is 0 Å². The molecule has 5 rings (SSSR count). The summed E-state index contributed by atoms with van der Waals surface area (Å²) in [4.78, 5) is 18.8. The maximum absolute atomic E-state index is 12.6. The number of hydrogen-bond donors (Lipinski definition) is 0. The average molecular weight is 398 g/mol. The van der Waals surface area contributed by atoms with E-state index in [4.69, 9.17) is 25.6 Å². The summed E-state index contributed by atoms with van der Waals surface area (Å²) in [5, 5.41) is 4.69. The third kappa shape index (κ3) is 3.07. The molecular formula is C20H16ClN3O4. The number of benzene rings is 2. The van der Waals surface area contributed by atoms with Crippen LogP contribution in [-0.2, 0) is 4.79 Å². The van der Waals surface area contributed by atoms with Crippen LogP contribution in [0.15, 0.2) is 47.0 Å². The molecule has 0 saturated carbocycles. The predicted molar refractivity (Wildman–Crippen MR) is 102 cm³/mol. The van der Waals surface area contributed by atoms with Crippen molar-refractivity contribution < 1.29 is 18.8 Å². The van der Waals surface area contributed by atoms with E-state index in [0.29, 0.717) is 54.4 Å². The zero-order valence-electron chi connectivity index (χ0n) is 14.8. The maximum atomic E-state index is 12.6. The van der Waals surface area contributed by atoms with Crippen LogP contribution >= 0.6 is 11.6 Å². The summed E-state index contributed by atoms with van der Waals surface area (Å²) in [5.74, 6) is 2.14. The van der Waals surface area contributed by atoms with Crippen LogP contribution in [0.3, 0.4) is 0 Å². The molecule has 8 heteroatoms. The minimum atomic E-state index is -0.158. The summed E-state index contributed by atoms with van der Waals surface area (Å²) in [5.41, 5.74) is 1.58. The van der Waals surface area contributed by atoms with Gasteiger partial charge in [0.1, 0.15) is 13.2 Å². The molecule has 7 nitrogen and oxygen atoms in total. The molecule has 2 aliphatic heterocycles. The molecule has 2 aromatic carbocycles. The number of hydrogen-bond acceptors (Lipinski definition) is 6. The van der Waals surface area contributed by atoms with Crippen LogP contribution in [0.2, 0.25) is 5.02 Å². The first-order valence-electron chi connectivity index (χ1n) is 8.97. The molecule has 0 bridgehead atoms. The van der Waals surface area contributed by atoms with E-state index in [1.807, 2.05) is 30.3 Å². The van der Waals surface area contributed by atoms with Gasteiger partial charge in [0.05, 0.1) is 5.92 Å². The van der Waals surface area contributed by atoms with E-state index >= 15 is 0 Å². The molecule has 0 spiro atoms. The highest BCUT2D eigenvalue weighted by molar-refractivity contribution is 6.30. The third-order valence-electron chi connectivity index (χ3n) is 4.86. The Bertz CT molecular complexity index is 1030. The highest BCUT2D eigenvalue weighted by Crippen LogP contribution is 2.37. The van der Waals surface area contributed by atoms with Crippen LogP contribution in [0, 0.1) is 0 Å². The first-order valence-corrected chi connectivity index (χ1v) is 9.35. The molecule has 0 N–H and O–H groups in total. The van der Waals surface area contributed by atoms with Crippen molar-refractivity contribution in [2.45, 2.75) is 12.3 Å². The number of rotatable bonds is 3. The lowest BCUT2D eigenvalue weighted by Gasteiger charge is -2.22. The van der Waals surface area contributed by atoms with Gasteiger partial charge in [-0.2, -0.15) is 4.98 Å². The lowest BCUT2D eigenvalue weighted by Crippen LogP contribution is -2.24. The Morgan fingerprint density at radius 1 is 1.04 bits per heavy atom. The maximum Gasteiger partial charge on any atom is 0.232 e. The van der Waals surface area contributed by atoms with Crippen molar-refractivity contribution >= 4 is 23.2 Å². The largest absolute Gasteiger partial charge is 0.486 e. The lowest BCUT2D eigenvalue weighted by molar-refractivity contribution is -0.117. The highest BCUT2D eigenvalue weighted by atomic mass is 35.5. The van der Waals surface area contributed by atoms with E-state index in [2.05, 4.69) is 10.1 Å². The van der Waals surface area contributed by atoms with E-state index in [1.165, 1.54) is 0 Å². The second kappa shape index (κ2) is 6.83. The molecule has 3 heterocycles. The van der Waals surface area contributed by atoms with Crippen molar-refractivity contribution in [1.82, 2.24) is 10.1 Å². The molecule has 3 aromatic rings. The molecule has 142 valence electrons. The van der Waals surface area contributed by atoms with Gasteiger partial charge in [-0.25, -0.2) is 0 Å². The Balaban J connectivity index is 1.36. The van der Waals surface area contributed by atoms with E-state index < -0.39 is 0 Å². The topological polar surface area (TPSA) is 77.7 Å². The fourth-order valence-electron chi connectivity index (χ4n) is 3.44. The zero-order valence-corrected chi connectivity index (χ0v) is 15.6. The summed E-state index contributed by atoms with van der Waals surface area (Å²) in [6, 6.07) is 12.7. The van der Waals surface area contributed by atoms with Crippen LogP contribution < -0.4 is 14.4 Å². The van der Waals surface area contributed by atoms with Crippen molar-refractivity contribution in [3.63, 3.8) is 0 Å². The summed E-state index contributed by atoms with van der Waals surface area (Å²) in [6.07, 6.45) is 0.316. The van der Waals surface area contributed by atoms with E-state index in [9.17, 15) is 4.79 Å². The Labute approximate surface area is 165 Å². The van der Waals surface area contributed by atoms with Crippen molar-refractivity contribution in [3.05, 3.63) is 53.4 Å². The summed E-state index contributed by atoms with van der Waals surface area (Å²) in [6.45, 7) is 1.51. The monoisotopic (exact) mass is 397 g/mol. The van der Waals surface area contributed by atoms with Gasteiger partial charge in [0.2, 0.25) is 17.6 Å². The fraction of sp³-hybridized carbons (Fsp3) is 0.250. The number of carbonyl (C=O) groups is 1. The van der Waals surface area contributed by atoms with Crippen molar-refractivity contribution in [2.24, 2.45) is 0 Å². The number of carbonyl (C=O) groups excluding carboxylic acids is 1. The zero-order chi connectivity index (χ0) is 19.1. The minimum absolute atomic E-state index is 0.00733. The second-order valence-electron chi connectivity index (χ2n) is 6.70. The number of nitrogens with zero attached hydrogens (tertiary/aromatic N) is 3. The minimum Gasteiger partial charge on any atom is -0.486 e. The Kier molecular flexibility index (Phi) is 4.16. The molecule has 0 unspecified atom stereocenters. The van der Waals surface area contributed by atoms with Crippen LogP contribution in [0.4, 0.5) is 5.69 Å².